The Balaban J connectivity index is 1.63. The highest BCUT2D eigenvalue weighted by atomic mass is 16.5. The minimum Gasteiger partial charge on any atom is -0.508 e. The topological polar surface area (TPSA) is 91.8 Å². The van der Waals surface area contributed by atoms with Crippen molar-refractivity contribution < 1.29 is 19.4 Å². The Bertz CT molecular complexity index is 995. The summed E-state index contributed by atoms with van der Waals surface area (Å²) in [4.78, 5) is 31.1. The molecule has 7 nitrogen and oxygen atoms in total. The van der Waals surface area contributed by atoms with E-state index >= 15 is 0 Å². The number of amides is 2. The van der Waals surface area contributed by atoms with E-state index in [1.165, 1.54) is 0 Å². The standard InChI is InChI=1S/C25H27N3O4/c1-28(16-13-19-5-3-2-4-6-19)24(30)23(17-20-7-9-22(29)10-8-20)27-25(31)32-18-21-11-14-26-15-12-21/h2-12,14-15,23,29H,13,16-18H2,1H3,(H,27,31)/t23-/m0/s1. The lowest BCUT2D eigenvalue weighted by molar-refractivity contribution is -0.132. The predicted molar refractivity (Wildman–Crippen MR) is 121 cm³/mol. The van der Waals surface area contributed by atoms with E-state index in [4.69, 9.17) is 4.74 Å². The number of nitrogens with one attached hydrogen (secondary N) is 1. The third kappa shape index (κ3) is 7.12. The van der Waals surface area contributed by atoms with Gasteiger partial charge >= 0.3 is 6.09 Å². The normalized spacial score (nSPS) is 11.4. The van der Waals surface area contributed by atoms with E-state index in [0.717, 1.165) is 16.7 Å². The number of hydrogen-bond acceptors (Lipinski definition) is 5. The molecule has 2 aromatic carbocycles. The van der Waals surface area contributed by atoms with Crippen molar-refractivity contribution in [2.75, 3.05) is 13.6 Å². The average molecular weight is 434 g/mol. The van der Waals surface area contributed by atoms with Gasteiger partial charge in [-0.05, 0) is 47.4 Å². The second-order valence-electron chi connectivity index (χ2n) is 7.49. The lowest BCUT2D eigenvalue weighted by atomic mass is 10.0. The van der Waals surface area contributed by atoms with Gasteiger partial charge in [0.15, 0.2) is 0 Å². The fourth-order valence-electron chi connectivity index (χ4n) is 3.20. The molecule has 0 radical (unpaired) electrons. The monoisotopic (exact) mass is 433 g/mol. The van der Waals surface area contributed by atoms with Gasteiger partial charge in [0.1, 0.15) is 18.4 Å². The summed E-state index contributed by atoms with van der Waals surface area (Å²) in [5, 5.41) is 12.2. The molecule has 0 saturated heterocycles. The summed E-state index contributed by atoms with van der Waals surface area (Å²) in [6, 6.07) is 19.2. The maximum atomic E-state index is 13.1. The first-order valence-corrected chi connectivity index (χ1v) is 10.4. The molecule has 0 bridgehead atoms. The van der Waals surface area contributed by atoms with E-state index in [2.05, 4.69) is 10.3 Å². The number of alkyl carbamates (subject to hydrolysis) is 1. The molecule has 3 rings (SSSR count). The molecular weight excluding hydrogens is 406 g/mol. The molecule has 1 atom stereocenters. The zero-order valence-corrected chi connectivity index (χ0v) is 18.0. The third-order valence-electron chi connectivity index (χ3n) is 5.04. The molecule has 0 aliphatic heterocycles. The van der Waals surface area contributed by atoms with Crippen LogP contribution in [0.5, 0.6) is 5.75 Å². The highest BCUT2D eigenvalue weighted by Crippen LogP contribution is 2.13. The highest BCUT2D eigenvalue weighted by molar-refractivity contribution is 5.85. The molecule has 7 heteroatoms. The van der Waals surface area contributed by atoms with E-state index < -0.39 is 12.1 Å². The van der Waals surface area contributed by atoms with Gasteiger partial charge in [-0.1, -0.05) is 42.5 Å². The fraction of sp³-hybridized carbons (Fsp3) is 0.240. The van der Waals surface area contributed by atoms with Crippen LogP contribution >= 0.6 is 0 Å². The summed E-state index contributed by atoms with van der Waals surface area (Å²) in [7, 11) is 1.72. The molecule has 1 heterocycles. The van der Waals surface area contributed by atoms with Crippen LogP contribution in [0.2, 0.25) is 0 Å². The second-order valence-corrected chi connectivity index (χ2v) is 7.49. The Hall–Kier alpha value is -3.87. The van der Waals surface area contributed by atoms with Gasteiger partial charge in [-0.25, -0.2) is 4.79 Å². The van der Waals surface area contributed by atoms with Crippen molar-refractivity contribution in [1.82, 2.24) is 15.2 Å². The Morgan fingerprint density at radius 1 is 0.969 bits per heavy atom. The number of likely N-dealkylation sites (N-methyl/N-ethyl adjacent to an activating group) is 1. The maximum Gasteiger partial charge on any atom is 0.408 e. The molecule has 0 spiro atoms. The molecule has 2 amide bonds. The van der Waals surface area contributed by atoms with E-state index in [-0.39, 0.29) is 24.7 Å². The number of ether oxygens (including phenoxy) is 1. The SMILES string of the molecule is CN(CCc1ccccc1)C(=O)[C@H](Cc1ccc(O)cc1)NC(=O)OCc1ccncc1. The first kappa shape index (κ1) is 22.8. The van der Waals surface area contributed by atoms with E-state index in [9.17, 15) is 14.7 Å². The Morgan fingerprint density at radius 2 is 1.66 bits per heavy atom. The van der Waals surface area contributed by atoms with Gasteiger partial charge in [-0.3, -0.25) is 9.78 Å². The van der Waals surface area contributed by atoms with Crippen LogP contribution in [0.4, 0.5) is 4.79 Å². The first-order chi connectivity index (χ1) is 15.5. The van der Waals surface area contributed by atoms with E-state index in [1.807, 2.05) is 30.3 Å². The number of phenolic OH excluding ortho intramolecular Hbond substituents is 1. The third-order valence-corrected chi connectivity index (χ3v) is 5.04. The summed E-state index contributed by atoms with van der Waals surface area (Å²) in [5.74, 6) is -0.0730. The van der Waals surface area contributed by atoms with Crippen LogP contribution in [-0.4, -0.2) is 46.6 Å². The number of nitrogens with zero attached hydrogens (tertiary/aromatic N) is 2. The molecule has 166 valence electrons. The number of aromatic nitrogens is 1. The minimum atomic E-state index is -0.801. The molecule has 2 N–H and O–H groups in total. The summed E-state index contributed by atoms with van der Waals surface area (Å²) in [6.07, 6.45) is 3.56. The zero-order valence-electron chi connectivity index (χ0n) is 18.0. The number of phenols is 1. The van der Waals surface area contributed by atoms with Crippen LogP contribution in [0.25, 0.3) is 0 Å². The quantitative estimate of drug-likeness (QED) is 0.540. The summed E-state index contributed by atoms with van der Waals surface area (Å²) in [5.41, 5.74) is 2.75. The number of pyridine rings is 1. The molecule has 0 aliphatic carbocycles. The smallest absolute Gasteiger partial charge is 0.408 e. The molecule has 0 saturated carbocycles. The van der Waals surface area contributed by atoms with E-state index in [0.29, 0.717) is 13.0 Å². The van der Waals surface area contributed by atoms with Crippen LogP contribution in [0.1, 0.15) is 16.7 Å². The number of aromatic hydroxyl groups is 1. The fourth-order valence-corrected chi connectivity index (χ4v) is 3.20. The lowest BCUT2D eigenvalue weighted by Crippen LogP contribution is -2.49. The van der Waals surface area contributed by atoms with Crippen molar-refractivity contribution in [3.05, 3.63) is 95.8 Å². The van der Waals surface area contributed by atoms with Gasteiger partial charge in [-0.15, -0.1) is 0 Å². The first-order valence-electron chi connectivity index (χ1n) is 10.4. The van der Waals surface area contributed by atoms with Crippen LogP contribution in [0.15, 0.2) is 79.1 Å². The molecule has 32 heavy (non-hydrogen) atoms. The van der Waals surface area contributed by atoms with Crippen molar-refractivity contribution >= 4 is 12.0 Å². The summed E-state index contributed by atoms with van der Waals surface area (Å²) in [6.45, 7) is 0.598. The highest BCUT2D eigenvalue weighted by Gasteiger charge is 2.25. The lowest BCUT2D eigenvalue weighted by Gasteiger charge is -2.25. The number of carbonyl (C=O) groups excluding carboxylic acids is 2. The largest absolute Gasteiger partial charge is 0.508 e. The van der Waals surface area contributed by atoms with Gasteiger partial charge in [0, 0.05) is 32.4 Å². The van der Waals surface area contributed by atoms with Gasteiger partial charge in [0.2, 0.25) is 5.91 Å². The van der Waals surface area contributed by atoms with Gasteiger partial charge in [0.05, 0.1) is 0 Å². The molecular formula is C25H27N3O4. The van der Waals surface area contributed by atoms with Crippen molar-refractivity contribution in [2.45, 2.75) is 25.5 Å². The van der Waals surface area contributed by atoms with Gasteiger partial charge in [0.25, 0.3) is 0 Å². The summed E-state index contributed by atoms with van der Waals surface area (Å²) < 4.78 is 5.29. The van der Waals surface area contributed by atoms with E-state index in [1.54, 1.807) is 60.7 Å². The van der Waals surface area contributed by atoms with Crippen molar-refractivity contribution in [3.8, 4) is 5.75 Å². The number of rotatable bonds is 9. The Kier molecular flexibility index (Phi) is 8.20. The number of benzene rings is 2. The van der Waals surface area contributed by atoms with Gasteiger partial charge < -0.3 is 20.1 Å². The Morgan fingerprint density at radius 3 is 2.34 bits per heavy atom. The Labute approximate surface area is 187 Å². The van der Waals surface area contributed by atoms with Crippen molar-refractivity contribution in [1.29, 1.82) is 0 Å². The molecule has 0 unspecified atom stereocenters. The van der Waals surface area contributed by atoms with Crippen LogP contribution in [0, 0.1) is 0 Å². The molecule has 3 aromatic rings. The van der Waals surface area contributed by atoms with Crippen molar-refractivity contribution in [2.24, 2.45) is 0 Å². The maximum absolute atomic E-state index is 13.1. The molecule has 1 aromatic heterocycles. The van der Waals surface area contributed by atoms with Crippen LogP contribution in [0.3, 0.4) is 0 Å². The number of carbonyl (C=O) groups is 2. The van der Waals surface area contributed by atoms with Crippen LogP contribution in [-0.2, 0) is 29.0 Å². The predicted octanol–water partition coefficient (Wildman–Crippen LogP) is 3.33. The van der Waals surface area contributed by atoms with Crippen molar-refractivity contribution in [3.63, 3.8) is 0 Å². The average Bonchev–Trinajstić information content (AvgIpc) is 2.83. The minimum absolute atomic E-state index is 0.0817. The van der Waals surface area contributed by atoms with Gasteiger partial charge in [-0.2, -0.15) is 0 Å². The molecule has 0 aliphatic rings. The van der Waals surface area contributed by atoms with Crippen LogP contribution < -0.4 is 5.32 Å². The molecule has 0 fully saturated rings. The second kappa shape index (κ2) is 11.5. The summed E-state index contributed by atoms with van der Waals surface area (Å²) >= 11 is 0. The zero-order chi connectivity index (χ0) is 22.8. The number of hydrogen-bond donors (Lipinski definition) is 2.